The van der Waals surface area contributed by atoms with Crippen LogP contribution in [-0.4, -0.2) is 20.7 Å². The molecule has 1 saturated carbocycles. The van der Waals surface area contributed by atoms with Gasteiger partial charge < -0.3 is 0 Å². The molecule has 1 aliphatic carbocycles. The minimum atomic E-state index is -2.66. The normalized spacial score (nSPS) is 16.1. The zero-order valence-corrected chi connectivity index (χ0v) is 12.7. The predicted molar refractivity (Wildman–Crippen MR) is 79.4 cm³/mol. The lowest BCUT2D eigenvalue weighted by Gasteiger charge is -2.21. The Kier molecular flexibility index (Phi) is 4.47. The first-order valence-corrected chi connectivity index (χ1v) is 8.11. The average molecular weight is 326 g/mol. The van der Waals surface area contributed by atoms with Gasteiger partial charge in [0.15, 0.2) is 0 Å². The summed E-state index contributed by atoms with van der Waals surface area (Å²) in [5, 5.41) is 8.21. The molecule has 0 aliphatic heterocycles. The number of nitrogens with zero attached hydrogens (tertiary/aromatic N) is 3. The molecule has 0 aromatic carbocycles. The van der Waals surface area contributed by atoms with Crippen molar-refractivity contribution in [3.8, 4) is 0 Å². The van der Waals surface area contributed by atoms with Gasteiger partial charge in [-0.25, -0.2) is 18.4 Å². The molecule has 8 heteroatoms. The Morgan fingerprint density at radius 3 is 2.86 bits per heavy atom. The summed E-state index contributed by atoms with van der Waals surface area (Å²) in [5.41, 5.74) is -0.0194. The molecule has 1 N–H and O–H groups in total. The van der Waals surface area contributed by atoms with Gasteiger partial charge in [-0.15, -0.1) is 16.4 Å². The Bertz CT molecular complexity index is 649. The van der Waals surface area contributed by atoms with Crippen molar-refractivity contribution < 1.29 is 13.6 Å². The minimum Gasteiger partial charge on any atom is -0.289 e. The van der Waals surface area contributed by atoms with Crippen LogP contribution in [-0.2, 0) is 0 Å². The third-order valence-electron chi connectivity index (χ3n) is 3.82. The SMILES string of the molecule is O=C(Nc1ncn(C2CCCCC2)n1)c1ccsc1C(F)F. The van der Waals surface area contributed by atoms with E-state index in [1.54, 1.807) is 11.0 Å². The molecule has 1 aliphatic rings. The molecule has 2 aromatic heterocycles. The average Bonchev–Trinajstić information content (AvgIpc) is 3.17. The molecule has 2 heterocycles. The second-order valence-electron chi connectivity index (χ2n) is 5.29. The summed E-state index contributed by atoms with van der Waals surface area (Å²) >= 11 is 0.868. The monoisotopic (exact) mass is 326 g/mol. The number of hydrogen-bond donors (Lipinski definition) is 1. The van der Waals surface area contributed by atoms with E-state index >= 15 is 0 Å². The topological polar surface area (TPSA) is 59.8 Å². The van der Waals surface area contributed by atoms with Crippen molar-refractivity contribution in [2.75, 3.05) is 5.32 Å². The molecule has 0 saturated heterocycles. The van der Waals surface area contributed by atoms with Gasteiger partial charge in [-0.2, -0.15) is 0 Å². The van der Waals surface area contributed by atoms with Crippen LogP contribution in [0, 0.1) is 0 Å². The van der Waals surface area contributed by atoms with E-state index in [4.69, 9.17) is 0 Å². The number of rotatable bonds is 4. The highest BCUT2D eigenvalue weighted by Crippen LogP contribution is 2.29. The number of carbonyl (C=O) groups excluding carboxylic acids is 1. The Morgan fingerprint density at radius 2 is 2.14 bits per heavy atom. The van der Waals surface area contributed by atoms with Crippen LogP contribution in [0.4, 0.5) is 14.7 Å². The lowest BCUT2D eigenvalue weighted by molar-refractivity contribution is 0.101. The van der Waals surface area contributed by atoms with Gasteiger partial charge >= 0.3 is 0 Å². The lowest BCUT2D eigenvalue weighted by atomic mass is 9.96. The molecule has 2 aromatic rings. The fourth-order valence-electron chi connectivity index (χ4n) is 2.70. The predicted octanol–water partition coefficient (Wildman–Crippen LogP) is 4.03. The van der Waals surface area contributed by atoms with Crippen LogP contribution in [0.5, 0.6) is 0 Å². The first-order chi connectivity index (χ1) is 10.6. The third-order valence-corrected chi connectivity index (χ3v) is 4.74. The highest BCUT2D eigenvalue weighted by molar-refractivity contribution is 7.10. The van der Waals surface area contributed by atoms with Crippen LogP contribution in [0.1, 0.15) is 59.8 Å². The number of hydrogen-bond acceptors (Lipinski definition) is 4. The van der Waals surface area contributed by atoms with Gasteiger partial charge in [0.25, 0.3) is 12.3 Å². The first-order valence-electron chi connectivity index (χ1n) is 7.23. The van der Waals surface area contributed by atoms with E-state index in [0.29, 0.717) is 6.04 Å². The highest BCUT2D eigenvalue weighted by atomic mass is 32.1. The molecule has 1 fully saturated rings. The third kappa shape index (κ3) is 3.16. The van der Waals surface area contributed by atoms with Crippen molar-refractivity contribution in [3.05, 3.63) is 28.2 Å². The van der Waals surface area contributed by atoms with Crippen molar-refractivity contribution in [2.45, 2.75) is 44.6 Å². The van der Waals surface area contributed by atoms with E-state index < -0.39 is 12.3 Å². The number of halogens is 2. The zero-order chi connectivity index (χ0) is 15.5. The number of alkyl halides is 2. The molecular formula is C14H16F2N4OS. The Hall–Kier alpha value is -1.83. The van der Waals surface area contributed by atoms with E-state index in [0.717, 1.165) is 24.2 Å². The van der Waals surface area contributed by atoms with Crippen LogP contribution < -0.4 is 5.32 Å². The van der Waals surface area contributed by atoms with Gasteiger partial charge in [-0.1, -0.05) is 19.3 Å². The molecule has 3 rings (SSSR count). The van der Waals surface area contributed by atoms with Crippen LogP contribution in [0.3, 0.4) is 0 Å². The highest BCUT2D eigenvalue weighted by Gasteiger charge is 2.21. The Labute approximate surface area is 130 Å². The fraction of sp³-hybridized carbons (Fsp3) is 0.500. The van der Waals surface area contributed by atoms with Crippen LogP contribution >= 0.6 is 11.3 Å². The lowest BCUT2D eigenvalue weighted by Crippen LogP contribution is -2.16. The molecule has 22 heavy (non-hydrogen) atoms. The number of nitrogens with one attached hydrogen (secondary N) is 1. The standard InChI is InChI=1S/C14H16F2N4OS/c15-12(16)11-10(6-7-22-11)13(21)18-14-17-8-20(19-14)9-4-2-1-3-5-9/h6-9,12H,1-5H2,(H,18,19,21). The van der Waals surface area contributed by atoms with Gasteiger partial charge in [-0.3, -0.25) is 10.1 Å². The van der Waals surface area contributed by atoms with Crippen LogP contribution in [0.2, 0.25) is 0 Å². The maximum absolute atomic E-state index is 12.8. The molecule has 0 unspecified atom stereocenters. The summed E-state index contributed by atoms with van der Waals surface area (Å²) in [6, 6.07) is 1.70. The number of carbonyl (C=O) groups is 1. The van der Waals surface area contributed by atoms with E-state index in [1.807, 2.05) is 0 Å². The maximum atomic E-state index is 12.8. The molecule has 0 radical (unpaired) electrons. The van der Waals surface area contributed by atoms with Gasteiger partial charge in [0.1, 0.15) is 6.33 Å². The molecule has 0 spiro atoms. The van der Waals surface area contributed by atoms with E-state index in [9.17, 15) is 13.6 Å². The second-order valence-corrected chi connectivity index (χ2v) is 6.24. The summed E-state index contributed by atoms with van der Waals surface area (Å²) in [6.07, 6.45) is 4.61. The zero-order valence-electron chi connectivity index (χ0n) is 11.8. The van der Waals surface area contributed by atoms with Gasteiger partial charge in [0.05, 0.1) is 16.5 Å². The van der Waals surface area contributed by atoms with Gasteiger partial charge in [0, 0.05) is 0 Å². The molecule has 118 valence electrons. The van der Waals surface area contributed by atoms with Crippen LogP contribution in [0.15, 0.2) is 17.8 Å². The van der Waals surface area contributed by atoms with Crippen molar-refractivity contribution in [2.24, 2.45) is 0 Å². The summed E-state index contributed by atoms with van der Waals surface area (Å²) in [6.45, 7) is 0. The Morgan fingerprint density at radius 1 is 1.36 bits per heavy atom. The van der Waals surface area contributed by atoms with E-state index in [-0.39, 0.29) is 16.4 Å². The van der Waals surface area contributed by atoms with Crippen molar-refractivity contribution in [1.82, 2.24) is 14.8 Å². The van der Waals surface area contributed by atoms with E-state index in [1.165, 1.54) is 30.7 Å². The van der Waals surface area contributed by atoms with Crippen LogP contribution in [0.25, 0.3) is 0 Å². The first kappa shape index (κ1) is 15.1. The molecular weight excluding hydrogens is 310 g/mol. The van der Waals surface area contributed by atoms with Crippen molar-refractivity contribution in [1.29, 1.82) is 0 Å². The quantitative estimate of drug-likeness (QED) is 0.922. The second kappa shape index (κ2) is 6.51. The fourth-order valence-corrected chi connectivity index (χ4v) is 3.44. The number of amides is 1. The summed E-state index contributed by atoms with van der Waals surface area (Å²) in [7, 11) is 0. The molecule has 0 atom stereocenters. The smallest absolute Gasteiger partial charge is 0.273 e. The van der Waals surface area contributed by atoms with Crippen molar-refractivity contribution in [3.63, 3.8) is 0 Å². The largest absolute Gasteiger partial charge is 0.289 e. The van der Waals surface area contributed by atoms with Crippen molar-refractivity contribution >= 4 is 23.2 Å². The summed E-state index contributed by atoms with van der Waals surface area (Å²) in [4.78, 5) is 15.9. The van der Waals surface area contributed by atoms with E-state index in [2.05, 4.69) is 15.4 Å². The number of anilines is 1. The van der Waals surface area contributed by atoms with Gasteiger partial charge in [0.2, 0.25) is 5.95 Å². The number of thiophene rings is 1. The van der Waals surface area contributed by atoms with Gasteiger partial charge in [-0.05, 0) is 24.3 Å². The summed E-state index contributed by atoms with van der Waals surface area (Å²) < 4.78 is 27.4. The minimum absolute atomic E-state index is 0.0194. The Balaban J connectivity index is 1.69. The molecule has 0 bridgehead atoms. The molecule has 1 amide bonds. The number of aromatic nitrogens is 3. The molecule has 5 nitrogen and oxygen atoms in total. The summed E-state index contributed by atoms with van der Waals surface area (Å²) in [5.74, 6) is -0.445. The maximum Gasteiger partial charge on any atom is 0.273 e.